The summed E-state index contributed by atoms with van der Waals surface area (Å²) >= 11 is 1.70. The van der Waals surface area contributed by atoms with Crippen LogP contribution in [0.2, 0.25) is 0 Å². The Bertz CT molecular complexity index is 1270. The molecule has 180 valence electrons. The highest BCUT2D eigenvalue weighted by molar-refractivity contribution is 7.99. The lowest BCUT2D eigenvalue weighted by molar-refractivity contribution is -0.120. The molecule has 1 aliphatic rings. The topological polar surface area (TPSA) is 92.5 Å². The molecule has 0 aliphatic carbocycles. The zero-order valence-corrected chi connectivity index (χ0v) is 21.4. The first-order chi connectivity index (χ1) is 16.1. The maximum Gasteiger partial charge on any atom is 0.248 e. The van der Waals surface area contributed by atoms with Crippen molar-refractivity contribution in [2.24, 2.45) is 5.92 Å². The number of aromatic nitrogens is 1. The predicted octanol–water partition coefficient (Wildman–Crippen LogP) is 5.10. The molecular weight excluding hydrogens is 470 g/mol. The average molecular weight is 500 g/mol. The fourth-order valence-electron chi connectivity index (χ4n) is 4.13. The van der Waals surface area contributed by atoms with Gasteiger partial charge >= 0.3 is 0 Å². The Hall–Kier alpha value is -2.62. The van der Waals surface area contributed by atoms with E-state index in [0.717, 1.165) is 10.6 Å². The molecule has 1 fully saturated rings. The normalized spacial score (nSPS) is 15.4. The fraction of sp³-hybridized carbons (Fsp3) is 0.360. The summed E-state index contributed by atoms with van der Waals surface area (Å²) in [5, 5.41) is 6.74. The number of anilines is 1. The summed E-state index contributed by atoms with van der Waals surface area (Å²) in [6.45, 7) is 7.97. The minimum atomic E-state index is -3.68. The average Bonchev–Trinajstić information content (AvgIpc) is 3.16. The molecule has 0 spiro atoms. The van der Waals surface area contributed by atoms with Crippen LogP contribution in [0, 0.1) is 33.6 Å². The van der Waals surface area contributed by atoms with Crippen molar-refractivity contribution < 1.29 is 17.7 Å². The van der Waals surface area contributed by atoms with E-state index in [1.807, 2.05) is 24.3 Å². The van der Waals surface area contributed by atoms with Crippen LogP contribution >= 0.6 is 11.8 Å². The number of hydrogen-bond acceptors (Lipinski definition) is 6. The summed E-state index contributed by atoms with van der Waals surface area (Å²) in [4.78, 5) is 15.3. The third-order valence-corrected chi connectivity index (χ3v) is 9.40. The third-order valence-electron chi connectivity index (χ3n) is 6.08. The monoisotopic (exact) mass is 499 g/mol. The maximum absolute atomic E-state index is 13.0. The number of rotatable bonds is 6. The van der Waals surface area contributed by atoms with Gasteiger partial charge in [-0.1, -0.05) is 29.1 Å². The molecule has 4 rings (SSSR count). The van der Waals surface area contributed by atoms with Crippen LogP contribution in [-0.2, 0) is 14.8 Å². The summed E-state index contributed by atoms with van der Waals surface area (Å²) in [6, 6.07) is 14.2. The van der Waals surface area contributed by atoms with Crippen LogP contribution in [0.3, 0.4) is 0 Å². The molecule has 1 amide bonds. The fourth-order valence-corrected chi connectivity index (χ4v) is 6.89. The van der Waals surface area contributed by atoms with E-state index in [2.05, 4.69) is 42.5 Å². The van der Waals surface area contributed by atoms with Gasteiger partial charge in [0.1, 0.15) is 10.6 Å². The van der Waals surface area contributed by atoms with Gasteiger partial charge in [0.15, 0.2) is 5.76 Å². The molecule has 0 saturated carbocycles. The van der Waals surface area contributed by atoms with Crippen molar-refractivity contribution in [2.45, 2.75) is 55.2 Å². The molecule has 0 unspecified atom stereocenters. The van der Waals surface area contributed by atoms with Crippen LogP contribution in [0.1, 0.15) is 35.4 Å². The number of nitrogens with zero attached hydrogens (tertiary/aromatic N) is 2. The number of nitrogens with one attached hydrogen (secondary N) is 1. The van der Waals surface area contributed by atoms with Crippen LogP contribution < -0.4 is 5.32 Å². The van der Waals surface area contributed by atoms with E-state index in [1.165, 1.54) is 20.3 Å². The van der Waals surface area contributed by atoms with Crippen LogP contribution in [0.25, 0.3) is 0 Å². The Morgan fingerprint density at radius 1 is 1.06 bits per heavy atom. The third kappa shape index (κ3) is 5.21. The Labute approximate surface area is 205 Å². The van der Waals surface area contributed by atoms with Crippen molar-refractivity contribution in [3.63, 3.8) is 0 Å². The predicted molar refractivity (Wildman–Crippen MR) is 133 cm³/mol. The lowest BCUT2D eigenvalue weighted by Crippen LogP contribution is -2.41. The van der Waals surface area contributed by atoms with Gasteiger partial charge in [-0.3, -0.25) is 4.79 Å². The van der Waals surface area contributed by atoms with E-state index in [4.69, 9.17) is 4.52 Å². The van der Waals surface area contributed by atoms with Crippen LogP contribution in [0.4, 0.5) is 5.69 Å². The van der Waals surface area contributed by atoms with Gasteiger partial charge in [-0.2, -0.15) is 4.31 Å². The first-order valence-corrected chi connectivity index (χ1v) is 13.5. The van der Waals surface area contributed by atoms with Gasteiger partial charge in [-0.15, -0.1) is 0 Å². The molecular formula is C25H29N3O4S2. The van der Waals surface area contributed by atoms with Gasteiger partial charge in [0.2, 0.25) is 15.9 Å². The molecule has 0 atom stereocenters. The highest BCUT2D eigenvalue weighted by Gasteiger charge is 2.35. The number of piperidine rings is 1. The zero-order valence-electron chi connectivity index (χ0n) is 19.8. The molecule has 7 nitrogen and oxygen atoms in total. The second kappa shape index (κ2) is 9.93. The summed E-state index contributed by atoms with van der Waals surface area (Å²) < 4.78 is 32.4. The minimum Gasteiger partial charge on any atom is -0.360 e. The minimum absolute atomic E-state index is 0.0793. The number of carbonyl (C=O) groups excluding carboxylic acids is 1. The first-order valence-electron chi connectivity index (χ1n) is 11.2. The quantitative estimate of drug-likeness (QED) is 0.507. The Kier molecular flexibility index (Phi) is 7.16. The highest BCUT2D eigenvalue weighted by Crippen LogP contribution is 2.32. The Balaban J connectivity index is 1.34. The number of carbonyl (C=O) groups is 1. The van der Waals surface area contributed by atoms with E-state index < -0.39 is 10.0 Å². The smallest absolute Gasteiger partial charge is 0.248 e. The number of sulfonamides is 1. The van der Waals surface area contributed by atoms with Crippen molar-refractivity contribution >= 4 is 33.4 Å². The molecule has 1 aromatic heterocycles. The van der Waals surface area contributed by atoms with Crippen molar-refractivity contribution in [1.29, 1.82) is 0 Å². The van der Waals surface area contributed by atoms with Gasteiger partial charge < -0.3 is 9.84 Å². The second-order valence-corrected chi connectivity index (χ2v) is 11.7. The molecule has 34 heavy (non-hydrogen) atoms. The Morgan fingerprint density at radius 2 is 1.74 bits per heavy atom. The van der Waals surface area contributed by atoms with Gasteiger partial charge in [-0.05, 0) is 82.0 Å². The van der Waals surface area contributed by atoms with Crippen molar-refractivity contribution in [3.05, 3.63) is 65.0 Å². The number of amides is 1. The summed E-state index contributed by atoms with van der Waals surface area (Å²) in [6.07, 6.45) is 0.935. The van der Waals surface area contributed by atoms with Gasteiger partial charge in [0, 0.05) is 34.5 Å². The molecule has 3 aromatic rings. The van der Waals surface area contributed by atoms with Gasteiger partial charge in [0.05, 0.1) is 0 Å². The SMILES string of the molecule is Cc1ccc(C)c(Sc2ccc(NC(=O)C3CCN(S(=O)(=O)c4c(C)noc4C)CC3)cc2)c1. The summed E-state index contributed by atoms with van der Waals surface area (Å²) in [5.41, 5.74) is 3.55. The first kappa shape index (κ1) is 24.5. The number of hydrogen-bond donors (Lipinski definition) is 1. The van der Waals surface area contributed by atoms with Crippen LogP contribution in [-0.4, -0.2) is 36.9 Å². The van der Waals surface area contributed by atoms with Crippen molar-refractivity contribution in [1.82, 2.24) is 9.46 Å². The largest absolute Gasteiger partial charge is 0.360 e. The highest BCUT2D eigenvalue weighted by atomic mass is 32.2. The van der Waals surface area contributed by atoms with Crippen molar-refractivity contribution in [3.8, 4) is 0 Å². The zero-order chi connectivity index (χ0) is 24.5. The lowest BCUT2D eigenvalue weighted by Gasteiger charge is -2.30. The van der Waals surface area contributed by atoms with Crippen LogP contribution in [0.5, 0.6) is 0 Å². The molecule has 2 aromatic carbocycles. The van der Waals surface area contributed by atoms with Gasteiger partial charge in [0.25, 0.3) is 0 Å². The summed E-state index contributed by atoms with van der Waals surface area (Å²) in [5.74, 6) is -0.0269. The standard InChI is InChI=1S/C25H29N3O4S2/c1-16-5-6-17(2)23(15-16)33-22-9-7-21(8-10-22)26-25(29)20-11-13-28(14-12-20)34(30,31)24-18(3)27-32-19(24)4/h5-10,15,20H,11-14H2,1-4H3,(H,26,29). The number of aryl methyl sites for hydroxylation is 4. The second-order valence-electron chi connectivity index (χ2n) is 8.72. The molecule has 1 N–H and O–H groups in total. The molecule has 2 heterocycles. The van der Waals surface area contributed by atoms with Crippen LogP contribution in [0.15, 0.2) is 61.7 Å². The summed E-state index contributed by atoms with van der Waals surface area (Å²) in [7, 11) is -3.68. The molecule has 1 saturated heterocycles. The molecule has 0 bridgehead atoms. The molecule has 9 heteroatoms. The van der Waals surface area contributed by atoms with E-state index >= 15 is 0 Å². The number of benzene rings is 2. The molecule has 0 radical (unpaired) electrons. The van der Waals surface area contributed by atoms with E-state index in [9.17, 15) is 13.2 Å². The maximum atomic E-state index is 13.0. The van der Waals surface area contributed by atoms with Gasteiger partial charge in [-0.25, -0.2) is 8.42 Å². The van der Waals surface area contributed by atoms with E-state index in [0.29, 0.717) is 18.5 Å². The molecule has 1 aliphatic heterocycles. The lowest BCUT2D eigenvalue weighted by atomic mass is 9.97. The van der Waals surface area contributed by atoms with Crippen molar-refractivity contribution in [2.75, 3.05) is 18.4 Å². The Morgan fingerprint density at radius 3 is 2.35 bits per heavy atom. The van der Waals surface area contributed by atoms with E-state index in [-0.39, 0.29) is 35.6 Å². The van der Waals surface area contributed by atoms with E-state index in [1.54, 1.807) is 25.6 Å².